The average molecular weight is 381 g/mol. The summed E-state index contributed by atoms with van der Waals surface area (Å²) in [5.74, 6) is -0.695. The molecule has 1 amide bonds. The predicted molar refractivity (Wildman–Crippen MR) is 85.6 cm³/mol. The van der Waals surface area contributed by atoms with E-state index in [1.54, 1.807) is 7.11 Å². The van der Waals surface area contributed by atoms with Crippen LogP contribution in [-0.2, 0) is 15.7 Å². The van der Waals surface area contributed by atoms with E-state index in [1.165, 1.54) is 0 Å². The lowest BCUT2D eigenvalue weighted by Crippen LogP contribution is -2.39. The van der Waals surface area contributed by atoms with E-state index in [2.05, 4.69) is 10.3 Å². The lowest BCUT2D eigenvalue weighted by Gasteiger charge is -2.29. The highest BCUT2D eigenvalue weighted by Gasteiger charge is 2.35. The smallest absolute Gasteiger partial charge is 0.382 e. The molecule has 0 unspecified atom stereocenters. The van der Waals surface area contributed by atoms with Crippen LogP contribution in [0.3, 0.4) is 0 Å². The van der Waals surface area contributed by atoms with E-state index in [0.717, 1.165) is 25.1 Å². The maximum Gasteiger partial charge on any atom is 0.417 e. The average Bonchev–Trinajstić information content (AvgIpc) is 2.55. The van der Waals surface area contributed by atoms with Crippen molar-refractivity contribution < 1.29 is 27.4 Å². The number of nitrogens with one attached hydrogen (secondary N) is 1. The summed E-state index contributed by atoms with van der Waals surface area (Å²) in [6.07, 6.45) is -0.702. The van der Waals surface area contributed by atoms with Gasteiger partial charge < -0.3 is 14.8 Å². The lowest BCUT2D eigenvalue weighted by molar-refractivity contribution is -0.137. The number of carbonyl (C=O) groups is 1. The van der Waals surface area contributed by atoms with Crippen molar-refractivity contribution in [1.82, 2.24) is 10.3 Å². The summed E-state index contributed by atoms with van der Waals surface area (Å²) in [5.41, 5.74) is -1.47. The Hall–Kier alpha value is -1.38. The summed E-state index contributed by atoms with van der Waals surface area (Å²) in [6.45, 7) is 1.04. The largest absolute Gasteiger partial charge is 0.417 e. The van der Waals surface area contributed by atoms with Gasteiger partial charge in [-0.1, -0.05) is 11.6 Å². The Kier molecular flexibility index (Phi) is 7.04. The van der Waals surface area contributed by atoms with Crippen LogP contribution in [0.2, 0.25) is 5.02 Å². The first-order chi connectivity index (χ1) is 11.8. The molecular weight excluding hydrogens is 361 g/mol. The third-order valence-corrected chi connectivity index (χ3v) is 4.44. The van der Waals surface area contributed by atoms with E-state index < -0.39 is 28.4 Å². The SMILES string of the molecule is COCCOC1CCC(NC(=O)c2nccc(C(F)(F)F)c2Cl)CC1. The second-order valence-electron chi connectivity index (χ2n) is 5.83. The van der Waals surface area contributed by atoms with E-state index in [0.29, 0.717) is 26.1 Å². The molecule has 0 aliphatic heterocycles. The number of rotatable bonds is 6. The molecule has 1 aliphatic rings. The molecule has 1 heterocycles. The number of carbonyl (C=O) groups excluding carboxylic acids is 1. The van der Waals surface area contributed by atoms with Crippen LogP contribution in [-0.4, -0.2) is 43.4 Å². The van der Waals surface area contributed by atoms with Crippen molar-refractivity contribution in [3.63, 3.8) is 0 Å². The number of hydrogen-bond donors (Lipinski definition) is 1. The van der Waals surface area contributed by atoms with Crippen LogP contribution in [0.15, 0.2) is 12.3 Å². The zero-order valence-electron chi connectivity index (χ0n) is 13.7. The summed E-state index contributed by atoms with van der Waals surface area (Å²) < 4.78 is 49.1. The minimum absolute atomic E-state index is 0.110. The first kappa shape index (κ1) is 19.9. The van der Waals surface area contributed by atoms with Gasteiger partial charge >= 0.3 is 6.18 Å². The minimum Gasteiger partial charge on any atom is -0.382 e. The number of pyridine rings is 1. The van der Waals surface area contributed by atoms with Gasteiger partial charge in [-0.2, -0.15) is 13.2 Å². The molecule has 1 fully saturated rings. The van der Waals surface area contributed by atoms with Crippen molar-refractivity contribution in [2.75, 3.05) is 20.3 Å². The number of ether oxygens (including phenoxy) is 2. The topological polar surface area (TPSA) is 60.5 Å². The normalized spacial score (nSPS) is 21.2. The van der Waals surface area contributed by atoms with E-state index in [4.69, 9.17) is 21.1 Å². The van der Waals surface area contributed by atoms with Crippen LogP contribution < -0.4 is 5.32 Å². The van der Waals surface area contributed by atoms with Crippen LogP contribution in [0, 0.1) is 0 Å². The second kappa shape index (κ2) is 8.82. The van der Waals surface area contributed by atoms with Gasteiger partial charge in [-0.25, -0.2) is 4.98 Å². The fourth-order valence-corrected chi connectivity index (χ4v) is 3.05. The summed E-state index contributed by atoms with van der Waals surface area (Å²) in [7, 11) is 1.60. The molecule has 25 heavy (non-hydrogen) atoms. The van der Waals surface area contributed by atoms with E-state index >= 15 is 0 Å². The van der Waals surface area contributed by atoms with Crippen molar-refractivity contribution in [2.45, 2.75) is 44.0 Å². The van der Waals surface area contributed by atoms with Gasteiger partial charge in [-0.3, -0.25) is 4.79 Å². The highest BCUT2D eigenvalue weighted by molar-refractivity contribution is 6.34. The van der Waals surface area contributed by atoms with Gasteiger partial charge in [0.1, 0.15) is 5.69 Å². The fourth-order valence-electron chi connectivity index (χ4n) is 2.75. The molecule has 0 saturated heterocycles. The molecule has 140 valence electrons. The monoisotopic (exact) mass is 380 g/mol. The maximum atomic E-state index is 12.9. The van der Waals surface area contributed by atoms with Crippen molar-refractivity contribution in [3.8, 4) is 0 Å². The number of nitrogens with zero attached hydrogens (tertiary/aromatic N) is 1. The Labute approximate surface area is 148 Å². The Morgan fingerprint density at radius 3 is 2.60 bits per heavy atom. The molecule has 1 aromatic heterocycles. The zero-order valence-corrected chi connectivity index (χ0v) is 14.5. The molecule has 5 nitrogen and oxygen atoms in total. The zero-order chi connectivity index (χ0) is 18.4. The summed E-state index contributed by atoms with van der Waals surface area (Å²) in [6, 6.07) is 0.615. The molecule has 0 spiro atoms. The Bertz CT molecular complexity index is 590. The van der Waals surface area contributed by atoms with Crippen LogP contribution in [0.25, 0.3) is 0 Å². The minimum atomic E-state index is -4.63. The van der Waals surface area contributed by atoms with Crippen LogP contribution in [0.5, 0.6) is 0 Å². The Morgan fingerprint density at radius 2 is 2.00 bits per heavy atom. The first-order valence-corrected chi connectivity index (χ1v) is 8.33. The maximum absolute atomic E-state index is 12.9. The fraction of sp³-hybridized carbons (Fsp3) is 0.625. The molecule has 2 rings (SSSR count). The van der Waals surface area contributed by atoms with Crippen molar-refractivity contribution in [1.29, 1.82) is 0 Å². The van der Waals surface area contributed by atoms with Gasteiger partial charge in [0, 0.05) is 19.3 Å². The number of amides is 1. The van der Waals surface area contributed by atoms with Crippen molar-refractivity contribution >= 4 is 17.5 Å². The highest BCUT2D eigenvalue weighted by Crippen LogP contribution is 2.35. The van der Waals surface area contributed by atoms with Gasteiger partial charge in [0.2, 0.25) is 0 Å². The first-order valence-electron chi connectivity index (χ1n) is 7.96. The lowest BCUT2D eigenvalue weighted by atomic mass is 9.93. The molecule has 1 N–H and O–H groups in total. The highest BCUT2D eigenvalue weighted by atomic mass is 35.5. The molecular formula is C16H20ClF3N2O3. The Balaban J connectivity index is 1.91. The number of alkyl halides is 3. The molecule has 1 aromatic rings. The standard InChI is InChI=1S/C16H20ClF3N2O3/c1-24-8-9-25-11-4-2-10(3-5-11)22-15(23)14-13(17)12(6-7-21-14)16(18,19)20/h6-7,10-11H,2-5,8-9H2,1H3,(H,22,23). The summed E-state index contributed by atoms with van der Waals surface area (Å²) in [5, 5.41) is 2.03. The van der Waals surface area contributed by atoms with Gasteiger partial charge in [0.05, 0.1) is 29.9 Å². The van der Waals surface area contributed by atoms with Crippen LogP contribution in [0.1, 0.15) is 41.7 Å². The summed E-state index contributed by atoms with van der Waals surface area (Å²) in [4.78, 5) is 15.9. The second-order valence-corrected chi connectivity index (χ2v) is 6.21. The van der Waals surface area contributed by atoms with E-state index in [-0.39, 0.29) is 12.1 Å². The number of methoxy groups -OCH3 is 1. The van der Waals surface area contributed by atoms with Crippen molar-refractivity contribution in [2.24, 2.45) is 0 Å². The molecule has 0 aromatic carbocycles. The molecule has 0 radical (unpaired) electrons. The number of hydrogen-bond acceptors (Lipinski definition) is 4. The number of aromatic nitrogens is 1. The van der Waals surface area contributed by atoms with Crippen LogP contribution >= 0.6 is 11.6 Å². The van der Waals surface area contributed by atoms with E-state index in [9.17, 15) is 18.0 Å². The quantitative estimate of drug-likeness (QED) is 0.768. The third-order valence-electron chi connectivity index (χ3n) is 4.06. The van der Waals surface area contributed by atoms with Gasteiger partial charge in [0.25, 0.3) is 5.91 Å². The van der Waals surface area contributed by atoms with Crippen LogP contribution in [0.4, 0.5) is 13.2 Å². The Morgan fingerprint density at radius 1 is 1.32 bits per heavy atom. The van der Waals surface area contributed by atoms with Gasteiger partial charge in [-0.05, 0) is 31.7 Å². The molecule has 1 aliphatic carbocycles. The third kappa shape index (κ3) is 5.55. The number of halogens is 4. The molecule has 0 atom stereocenters. The van der Waals surface area contributed by atoms with E-state index in [1.807, 2.05) is 0 Å². The summed E-state index contributed by atoms with van der Waals surface area (Å²) >= 11 is 5.72. The van der Waals surface area contributed by atoms with Gasteiger partial charge in [-0.15, -0.1) is 0 Å². The predicted octanol–water partition coefficient (Wildman–Crippen LogP) is 3.46. The molecule has 0 bridgehead atoms. The molecule has 9 heteroatoms. The molecule has 1 saturated carbocycles. The van der Waals surface area contributed by atoms with Gasteiger partial charge in [0.15, 0.2) is 0 Å². The van der Waals surface area contributed by atoms with Crippen molar-refractivity contribution in [3.05, 3.63) is 28.5 Å².